The van der Waals surface area contributed by atoms with Gasteiger partial charge >= 0.3 is 0 Å². The van der Waals surface area contributed by atoms with Crippen LogP contribution in [0, 0.1) is 6.92 Å². The molecule has 0 aliphatic heterocycles. The first kappa shape index (κ1) is 26.5. The van der Waals surface area contributed by atoms with Crippen molar-refractivity contribution in [2.75, 3.05) is 13.7 Å². The summed E-state index contributed by atoms with van der Waals surface area (Å²) in [6.45, 7) is 4.89. The van der Waals surface area contributed by atoms with Crippen LogP contribution < -0.4 is 19.6 Å². The number of benzene rings is 3. The minimum atomic E-state index is -0.216. The van der Waals surface area contributed by atoms with Gasteiger partial charge in [0.25, 0.3) is 5.56 Å². The van der Waals surface area contributed by atoms with E-state index >= 15 is 0 Å². The number of para-hydroxylation sites is 1. The van der Waals surface area contributed by atoms with Crippen LogP contribution in [-0.4, -0.2) is 38.1 Å². The van der Waals surface area contributed by atoms with Crippen molar-refractivity contribution >= 4 is 22.4 Å². The summed E-state index contributed by atoms with van der Waals surface area (Å²) < 4.78 is 14.9. The zero-order valence-corrected chi connectivity index (χ0v) is 23.9. The van der Waals surface area contributed by atoms with Crippen LogP contribution in [0.2, 0.25) is 0 Å². The molecule has 0 spiro atoms. The molecule has 0 radical (unpaired) electrons. The van der Waals surface area contributed by atoms with E-state index in [0.717, 1.165) is 58.0 Å². The maximum Gasteiger partial charge on any atom is 0.291 e. The number of aryl methyl sites for hydroxylation is 1. The lowest BCUT2D eigenvalue weighted by molar-refractivity contribution is 0.309. The molecular formula is C32H29N5O3S. The number of unbranched alkanes of at least 4 members (excludes halogenated alkanes) is 1. The summed E-state index contributed by atoms with van der Waals surface area (Å²) in [5, 5.41) is 9.45. The Morgan fingerprint density at radius 1 is 0.976 bits per heavy atom. The quantitative estimate of drug-likeness (QED) is 0.210. The van der Waals surface area contributed by atoms with Gasteiger partial charge in [0.2, 0.25) is 4.96 Å². The lowest BCUT2D eigenvalue weighted by Gasteiger charge is -2.09. The number of thiazole rings is 1. The van der Waals surface area contributed by atoms with Gasteiger partial charge in [0.05, 0.1) is 23.9 Å². The van der Waals surface area contributed by atoms with Crippen molar-refractivity contribution in [3.8, 4) is 39.8 Å². The Kier molecular flexibility index (Phi) is 7.35. The van der Waals surface area contributed by atoms with E-state index in [-0.39, 0.29) is 5.56 Å². The van der Waals surface area contributed by atoms with E-state index in [0.29, 0.717) is 21.9 Å². The predicted molar refractivity (Wildman–Crippen MR) is 162 cm³/mol. The molecule has 0 atom stereocenters. The Hall–Kier alpha value is -4.76. The van der Waals surface area contributed by atoms with Crippen molar-refractivity contribution < 1.29 is 9.47 Å². The third-order valence-corrected chi connectivity index (χ3v) is 7.76. The molecule has 9 heteroatoms. The van der Waals surface area contributed by atoms with E-state index in [1.165, 1.54) is 15.9 Å². The van der Waals surface area contributed by atoms with Gasteiger partial charge in [0.15, 0.2) is 5.82 Å². The summed E-state index contributed by atoms with van der Waals surface area (Å²) in [5.74, 6) is 2.08. The highest BCUT2D eigenvalue weighted by molar-refractivity contribution is 7.15. The summed E-state index contributed by atoms with van der Waals surface area (Å²) in [5.41, 5.74) is 5.16. The molecular weight excluding hydrogens is 534 g/mol. The fourth-order valence-corrected chi connectivity index (χ4v) is 5.48. The van der Waals surface area contributed by atoms with Crippen LogP contribution in [0.1, 0.15) is 30.9 Å². The van der Waals surface area contributed by atoms with Gasteiger partial charge in [-0.1, -0.05) is 42.9 Å². The highest BCUT2D eigenvalue weighted by atomic mass is 32.1. The predicted octanol–water partition coefficient (Wildman–Crippen LogP) is 5.71. The van der Waals surface area contributed by atoms with Crippen LogP contribution in [-0.2, 0) is 0 Å². The Balaban J connectivity index is 1.42. The Bertz CT molecular complexity index is 1920. The lowest BCUT2D eigenvalue weighted by Crippen LogP contribution is -2.23. The molecule has 0 bridgehead atoms. The molecule has 3 heterocycles. The molecule has 0 fully saturated rings. The molecule has 0 N–H and O–H groups in total. The van der Waals surface area contributed by atoms with Gasteiger partial charge in [0.1, 0.15) is 17.2 Å². The van der Waals surface area contributed by atoms with Crippen molar-refractivity contribution in [3.05, 3.63) is 105 Å². The van der Waals surface area contributed by atoms with Gasteiger partial charge in [-0.15, -0.1) is 5.10 Å². The van der Waals surface area contributed by atoms with E-state index in [2.05, 4.69) is 23.9 Å². The molecule has 0 aliphatic carbocycles. The van der Waals surface area contributed by atoms with Crippen molar-refractivity contribution in [2.24, 2.45) is 0 Å². The summed E-state index contributed by atoms with van der Waals surface area (Å²) in [6, 6.07) is 23.4. The second-order valence-corrected chi connectivity index (χ2v) is 10.7. The molecule has 6 rings (SSSR count). The van der Waals surface area contributed by atoms with E-state index in [9.17, 15) is 4.79 Å². The monoisotopic (exact) mass is 563 g/mol. The van der Waals surface area contributed by atoms with E-state index < -0.39 is 0 Å². The van der Waals surface area contributed by atoms with Crippen molar-refractivity contribution in [3.63, 3.8) is 0 Å². The molecule has 0 aliphatic rings. The van der Waals surface area contributed by atoms with Crippen LogP contribution in [0.25, 0.3) is 39.4 Å². The minimum Gasteiger partial charge on any atom is -0.497 e. The normalized spacial score (nSPS) is 11.8. The Morgan fingerprint density at radius 3 is 2.46 bits per heavy atom. The molecule has 0 saturated carbocycles. The molecule has 0 amide bonds. The number of nitrogens with zero attached hydrogens (tertiary/aromatic N) is 5. The molecule has 8 nitrogen and oxygen atoms in total. The van der Waals surface area contributed by atoms with Gasteiger partial charge in [-0.3, -0.25) is 4.79 Å². The number of hydrogen-bond acceptors (Lipinski definition) is 7. The average Bonchev–Trinajstić information content (AvgIpc) is 3.69. The number of hydrogen-bond donors (Lipinski definition) is 0. The van der Waals surface area contributed by atoms with Crippen molar-refractivity contribution in [1.82, 2.24) is 24.4 Å². The smallest absolute Gasteiger partial charge is 0.291 e. The number of methoxy groups -OCH3 is 1. The van der Waals surface area contributed by atoms with Crippen molar-refractivity contribution in [1.29, 1.82) is 0 Å². The zero-order chi connectivity index (χ0) is 28.3. The first-order valence-corrected chi connectivity index (χ1v) is 14.3. The second kappa shape index (κ2) is 11.4. The van der Waals surface area contributed by atoms with E-state index in [1.807, 2.05) is 89.8 Å². The van der Waals surface area contributed by atoms with Crippen LogP contribution in [0.5, 0.6) is 11.5 Å². The molecule has 206 valence electrons. The maximum absolute atomic E-state index is 13.4. The van der Waals surface area contributed by atoms with Gasteiger partial charge in [-0.25, -0.2) is 4.68 Å². The van der Waals surface area contributed by atoms with Crippen LogP contribution in [0.4, 0.5) is 0 Å². The number of rotatable bonds is 9. The number of aromatic nitrogens is 5. The van der Waals surface area contributed by atoms with Gasteiger partial charge in [-0.2, -0.15) is 14.6 Å². The molecule has 3 aromatic heterocycles. The molecule has 0 saturated heterocycles. The van der Waals surface area contributed by atoms with Crippen LogP contribution >= 0.6 is 11.3 Å². The Labute approximate surface area is 241 Å². The largest absolute Gasteiger partial charge is 0.497 e. The first-order valence-electron chi connectivity index (χ1n) is 13.5. The van der Waals surface area contributed by atoms with Crippen LogP contribution in [0.3, 0.4) is 0 Å². The third kappa shape index (κ3) is 5.36. The molecule has 6 aromatic rings. The molecule has 0 unspecified atom stereocenters. The summed E-state index contributed by atoms with van der Waals surface area (Å²) in [6.07, 6.45) is 5.93. The summed E-state index contributed by atoms with van der Waals surface area (Å²) in [7, 11) is 1.62. The van der Waals surface area contributed by atoms with E-state index in [1.54, 1.807) is 7.11 Å². The fourth-order valence-electron chi connectivity index (χ4n) is 4.58. The topological polar surface area (TPSA) is 83.5 Å². The standard InChI is InChI=1S/C32H29N5O3S/c1-4-5-17-40-26-15-16-27(21(2)18-26)29-23(20-36(34-29)24-9-7-6-8-10-24)19-28-31(38)37-32(41-28)33-30(35-37)22-11-13-25(39-3)14-12-22/h6-16,18-20H,4-5,17H2,1-3H3. The van der Waals surface area contributed by atoms with Gasteiger partial charge < -0.3 is 9.47 Å². The van der Waals surface area contributed by atoms with Gasteiger partial charge in [0, 0.05) is 22.9 Å². The highest BCUT2D eigenvalue weighted by Gasteiger charge is 2.16. The SMILES string of the molecule is CCCCOc1ccc(-c2nn(-c3ccccc3)cc2C=c2sc3nc(-c4ccc(OC)cc4)nn3c2=O)c(C)c1. The highest BCUT2D eigenvalue weighted by Crippen LogP contribution is 2.30. The lowest BCUT2D eigenvalue weighted by atomic mass is 10.0. The molecule has 41 heavy (non-hydrogen) atoms. The first-order chi connectivity index (χ1) is 20.0. The zero-order valence-electron chi connectivity index (χ0n) is 23.1. The van der Waals surface area contributed by atoms with Crippen LogP contribution in [0.15, 0.2) is 83.8 Å². The third-order valence-electron chi connectivity index (χ3n) is 6.80. The van der Waals surface area contributed by atoms with Gasteiger partial charge in [-0.05, 0) is 79.6 Å². The van der Waals surface area contributed by atoms with Crippen molar-refractivity contribution in [2.45, 2.75) is 26.7 Å². The molecule has 3 aromatic carbocycles. The summed E-state index contributed by atoms with van der Waals surface area (Å²) in [4.78, 5) is 18.6. The maximum atomic E-state index is 13.4. The Morgan fingerprint density at radius 2 is 1.76 bits per heavy atom. The minimum absolute atomic E-state index is 0.216. The van der Waals surface area contributed by atoms with E-state index in [4.69, 9.17) is 14.6 Å². The summed E-state index contributed by atoms with van der Waals surface area (Å²) >= 11 is 1.31. The second-order valence-electron chi connectivity index (χ2n) is 9.67. The average molecular weight is 564 g/mol. The number of fused-ring (bicyclic) bond motifs is 1. The number of ether oxygens (including phenoxy) is 2. The fraction of sp³-hybridized carbons (Fsp3) is 0.188.